The van der Waals surface area contributed by atoms with E-state index in [0.717, 1.165) is 30.4 Å². The molecular weight excluding hydrogens is 432 g/mol. The number of benzene rings is 2. The summed E-state index contributed by atoms with van der Waals surface area (Å²) >= 11 is 0. The van der Waals surface area contributed by atoms with Crippen LogP contribution in [0.4, 0.5) is 4.79 Å². The van der Waals surface area contributed by atoms with Gasteiger partial charge in [-0.15, -0.1) is 0 Å². The van der Waals surface area contributed by atoms with Crippen LogP contribution in [0.1, 0.15) is 62.5 Å². The van der Waals surface area contributed by atoms with Gasteiger partial charge in [0, 0.05) is 23.9 Å². The van der Waals surface area contributed by atoms with Crippen LogP contribution in [-0.4, -0.2) is 41.8 Å². The van der Waals surface area contributed by atoms with Crippen LogP contribution in [0.3, 0.4) is 0 Å². The predicted molar refractivity (Wildman–Crippen MR) is 128 cm³/mol. The molecule has 2 amide bonds. The van der Waals surface area contributed by atoms with E-state index in [1.54, 1.807) is 0 Å². The molecule has 1 saturated carbocycles. The maximum absolute atomic E-state index is 12.7. The van der Waals surface area contributed by atoms with Gasteiger partial charge in [-0.1, -0.05) is 61.9 Å². The highest BCUT2D eigenvalue weighted by molar-refractivity contribution is 5.80. The molecule has 0 heterocycles. The Hall–Kier alpha value is -3.35. The fraction of sp³-hybridized carbons (Fsp3) is 0.444. The molecule has 0 spiro atoms. The minimum Gasteiger partial charge on any atom is -0.481 e. The fourth-order valence-electron chi connectivity index (χ4n) is 5.19. The van der Waals surface area contributed by atoms with E-state index < -0.39 is 12.1 Å². The predicted octanol–water partition coefficient (Wildman–Crippen LogP) is 4.45. The van der Waals surface area contributed by atoms with Crippen molar-refractivity contribution in [2.24, 2.45) is 5.92 Å². The molecule has 4 rings (SSSR count). The maximum atomic E-state index is 12.7. The molecule has 3 N–H and O–H groups in total. The molecule has 2 aliphatic carbocycles. The van der Waals surface area contributed by atoms with Gasteiger partial charge in [0.1, 0.15) is 6.61 Å². The van der Waals surface area contributed by atoms with Gasteiger partial charge < -0.3 is 20.5 Å². The zero-order chi connectivity index (χ0) is 24.1. The van der Waals surface area contributed by atoms with E-state index in [9.17, 15) is 14.4 Å². The van der Waals surface area contributed by atoms with Crippen LogP contribution in [0.5, 0.6) is 0 Å². The van der Waals surface area contributed by atoms with Gasteiger partial charge in [-0.25, -0.2) is 4.79 Å². The minimum absolute atomic E-state index is 0.00300. The molecule has 3 atom stereocenters. The van der Waals surface area contributed by atoms with Crippen LogP contribution in [-0.2, 0) is 14.3 Å². The van der Waals surface area contributed by atoms with Gasteiger partial charge in [0.2, 0.25) is 5.91 Å². The molecule has 2 aliphatic rings. The van der Waals surface area contributed by atoms with Crippen LogP contribution >= 0.6 is 0 Å². The van der Waals surface area contributed by atoms with E-state index in [1.165, 1.54) is 11.1 Å². The van der Waals surface area contributed by atoms with Gasteiger partial charge in [0.25, 0.3) is 0 Å². The summed E-state index contributed by atoms with van der Waals surface area (Å²) in [5.74, 6) is -1.29. The third kappa shape index (κ3) is 5.41. The van der Waals surface area contributed by atoms with E-state index in [-0.39, 0.29) is 42.9 Å². The lowest BCUT2D eigenvalue weighted by Gasteiger charge is -2.30. The first kappa shape index (κ1) is 23.8. The summed E-state index contributed by atoms with van der Waals surface area (Å²) in [6.45, 7) is 2.11. The molecular formula is C27H32N2O5. The summed E-state index contributed by atoms with van der Waals surface area (Å²) in [5.41, 5.74) is 4.69. The Balaban J connectivity index is 1.31. The van der Waals surface area contributed by atoms with Crippen LogP contribution in [0.15, 0.2) is 48.5 Å². The number of hydrogen-bond acceptors (Lipinski definition) is 4. The summed E-state index contributed by atoms with van der Waals surface area (Å²) in [6, 6.07) is 15.9. The van der Waals surface area contributed by atoms with Gasteiger partial charge in [-0.2, -0.15) is 0 Å². The van der Waals surface area contributed by atoms with Gasteiger partial charge in [0.15, 0.2) is 0 Å². The van der Waals surface area contributed by atoms with Crippen molar-refractivity contribution in [2.75, 3.05) is 6.61 Å². The molecule has 7 heteroatoms. The third-order valence-corrected chi connectivity index (χ3v) is 6.97. The number of carbonyl (C=O) groups excluding carboxylic acids is 2. The molecule has 7 nitrogen and oxygen atoms in total. The van der Waals surface area contributed by atoms with Crippen LogP contribution in [0.25, 0.3) is 11.1 Å². The minimum atomic E-state index is -0.925. The van der Waals surface area contributed by atoms with Crippen LogP contribution in [0.2, 0.25) is 0 Å². The highest BCUT2D eigenvalue weighted by Gasteiger charge is 2.31. The highest BCUT2D eigenvalue weighted by atomic mass is 16.5. The topological polar surface area (TPSA) is 105 Å². The Morgan fingerprint density at radius 2 is 1.68 bits per heavy atom. The summed E-state index contributed by atoms with van der Waals surface area (Å²) in [4.78, 5) is 36.3. The number of amides is 2. The Kier molecular flexibility index (Phi) is 7.50. The average molecular weight is 465 g/mol. The SMILES string of the molecule is CC[C@@H](CC(=O)O)NC(=O)C1CCCC(NC(=O)OCC2c3ccccc3-c3ccccc32)C1. The Morgan fingerprint density at radius 1 is 1.03 bits per heavy atom. The standard InChI is InChI=1S/C27H32N2O5/c1-2-18(15-25(30)31)28-26(32)17-8-7-9-19(14-17)29-27(33)34-16-24-22-12-5-3-10-20(22)21-11-4-6-13-23(21)24/h3-6,10-13,17-19,24H,2,7-9,14-16H2,1H3,(H,28,32)(H,29,33)(H,30,31)/t17?,18-,19?/m0/s1. The number of ether oxygens (including phenoxy) is 1. The Labute approximate surface area is 199 Å². The molecule has 2 unspecified atom stereocenters. The maximum Gasteiger partial charge on any atom is 0.407 e. The highest BCUT2D eigenvalue weighted by Crippen LogP contribution is 2.44. The molecule has 0 bridgehead atoms. The van der Waals surface area contributed by atoms with Gasteiger partial charge in [0.05, 0.1) is 6.42 Å². The van der Waals surface area contributed by atoms with Crippen molar-refractivity contribution in [3.63, 3.8) is 0 Å². The number of rotatable bonds is 8. The van der Waals surface area contributed by atoms with Gasteiger partial charge in [-0.05, 0) is 47.9 Å². The number of fused-ring (bicyclic) bond motifs is 3. The third-order valence-electron chi connectivity index (χ3n) is 6.97. The van der Waals surface area contributed by atoms with E-state index >= 15 is 0 Å². The first-order valence-corrected chi connectivity index (χ1v) is 12.1. The number of hydrogen-bond donors (Lipinski definition) is 3. The molecule has 2 aromatic carbocycles. The quantitative estimate of drug-likeness (QED) is 0.535. The number of alkyl carbamates (subject to hydrolysis) is 1. The summed E-state index contributed by atoms with van der Waals surface area (Å²) in [6.07, 6.45) is 2.88. The second kappa shape index (κ2) is 10.7. The second-order valence-electron chi connectivity index (χ2n) is 9.24. The average Bonchev–Trinajstić information content (AvgIpc) is 3.16. The lowest BCUT2D eigenvalue weighted by Crippen LogP contribution is -2.45. The number of carbonyl (C=O) groups is 3. The fourth-order valence-corrected chi connectivity index (χ4v) is 5.19. The van der Waals surface area contributed by atoms with Crippen LogP contribution < -0.4 is 10.6 Å². The Bertz CT molecular complexity index is 1010. The molecule has 0 aromatic heterocycles. The van der Waals surface area contributed by atoms with Crippen molar-refractivity contribution in [1.82, 2.24) is 10.6 Å². The molecule has 34 heavy (non-hydrogen) atoms. The molecule has 1 fully saturated rings. The zero-order valence-electron chi connectivity index (χ0n) is 19.5. The Morgan fingerprint density at radius 3 is 2.29 bits per heavy atom. The molecule has 180 valence electrons. The van der Waals surface area contributed by atoms with Crippen molar-refractivity contribution < 1.29 is 24.2 Å². The summed E-state index contributed by atoms with van der Waals surface area (Å²) in [7, 11) is 0. The normalized spacial score (nSPS) is 20.0. The van der Waals surface area contributed by atoms with Gasteiger partial charge in [-0.3, -0.25) is 9.59 Å². The van der Waals surface area contributed by atoms with E-state index in [2.05, 4.69) is 34.9 Å². The monoisotopic (exact) mass is 464 g/mol. The van der Waals surface area contributed by atoms with E-state index in [4.69, 9.17) is 9.84 Å². The number of aliphatic carboxylic acids is 1. The van der Waals surface area contributed by atoms with Crippen molar-refractivity contribution >= 4 is 18.0 Å². The van der Waals surface area contributed by atoms with Crippen molar-refractivity contribution in [1.29, 1.82) is 0 Å². The summed E-state index contributed by atoms with van der Waals surface area (Å²) < 4.78 is 5.65. The lowest BCUT2D eigenvalue weighted by molar-refractivity contribution is -0.138. The van der Waals surface area contributed by atoms with E-state index in [0.29, 0.717) is 12.8 Å². The van der Waals surface area contributed by atoms with Crippen molar-refractivity contribution in [2.45, 2.75) is 63.5 Å². The van der Waals surface area contributed by atoms with Crippen molar-refractivity contribution in [3.8, 4) is 11.1 Å². The number of carboxylic acid groups (broad SMARTS) is 1. The lowest BCUT2D eigenvalue weighted by atomic mass is 9.85. The van der Waals surface area contributed by atoms with Crippen LogP contribution in [0, 0.1) is 5.92 Å². The molecule has 0 saturated heterocycles. The van der Waals surface area contributed by atoms with Gasteiger partial charge >= 0.3 is 12.1 Å². The largest absolute Gasteiger partial charge is 0.481 e. The first-order valence-electron chi connectivity index (χ1n) is 12.1. The summed E-state index contributed by atoms with van der Waals surface area (Å²) in [5, 5.41) is 14.8. The first-order chi connectivity index (χ1) is 16.5. The molecule has 0 radical (unpaired) electrons. The molecule has 2 aromatic rings. The molecule has 0 aliphatic heterocycles. The smallest absolute Gasteiger partial charge is 0.407 e. The number of carboxylic acids is 1. The second-order valence-corrected chi connectivity index (χ2v) is 9.24. The van der Waals surface area contributed by atoms with Crippen molar-refractivity contribution in [3.05, 3.63) is 59.7 Å². The van der Waals surface area contributed by atoms with E-state index in [1.807, 2.05) is 31.2 Å². The zero-order valence-corrected chi connectivity index (χ0v) is 19.5. The number of nitrogens with one attached hydrogen (secondary N) is 2.